The van der Waals surface area contributed by atoms with E-state index in [0.717, 1.165) is 12.1 Å². The Kier molecular flexibility index (Phi) is 4.72. The molecule has 0 saturated heterocycles. The van der Waals surface area contributed by atoms with Gasteiger partial charge in [-0.2, -0.15) is 13.2 Å². The molecule has 0 spiro atoms. The first-order valence-electron chi connectivity index (χ1n) is 5.99. The summed E-state index contributed by atoms with van der Waals surface area (Å²) in [7, 11) is 0. The maximum Gasteiger partial charge on any atom is 0.416 e. The van der Waals surface area contributed by atoms with Crippen molar-refractivity contribution in [3.8, 4) is 0 Å². The zero-order valence-electron chi connectivity index (χ0n) is 11.4. The average Bonchev–Trinajstić information content (AvgIpc) is 2.22. The molecule has 0 amide bonds. The first kappa shape index (κ1) is 16.1. The number of nitrogens with one attached hydrogen (secondary N) is 1. The van der Waals surface area contributed by atoms with Gasteiger partial charge in [-0.3, -0.25) is 0 Å². The van der Waals surface area contributed by atoms with Crippen molar-refractivity contribution < 1.29 is 13.2 Å². The van der Waals surface area contributed by atoms with Crippen LogP contribution < -0.4 is 5.32 Å². The number of alkyl halides is 3. The van der Waals surface area contributed by atoms with Crippen molar-refractivity contribution in [3.05, 3.63) is 22.8 Å². The fourth-order valence-corrected chi connectivity index (χ4v) is 1.52. The Morgan fingerprint density at radius 3 is 2.32 bits per heavy atom. The third kappa shape index (κ3) is 4.90. The highest BCUT2D eigenvalue weighted by Crippen LogP contribution is 2.32. The van der Waals surface area contributed by atoms with Crippen molar-refractivity contribution in [2.24, 2.45) is 11.3 Å². The molecule has 1 aromatic heterocycles. The van der Waals surface area contributed by atoms with Gasteiger partial charge >= 0.3 is 6.18 Å². The van der Waals surface area contributed by atoms with Crippen molar-refractivity contribution in [1.29, 1.82) is 0 Å². The molecule has 1 N–H and O–H groups in total. The quantitative estimate of drug-likeness (QED) is 0.806. The zero-order chi connectivity index (χ0) is 14.8. The molecule has 1 rings (SSSR count). The lowest BCUT2D eigenvalue weighted by atomic mass is 9.82. The SMILES string of the molecule is CC(CNc1cc(C(F)(F)F)cc(Cl)n1)C(C)(C)C. The van der Waals surface area contributed by atoms with E-state index in [4.69, 9.17) is 11.6 Å². The van der Waals surface area contributed by atoms with E-state index < -0.39 is 11.7 Å². The number of pyridine rings is 1. The van der Waals surface area contributed by atoms with Gasteiger partial charge in [-0.15, -0.1) is 0 Å². The average molecular weight is 295 g/mol. The molecule has 0 radical (unpaired) electrons. The molecule has 6 heteroatoms. The molecular weight excluding hydrogens is 277 g/mol. The Labute approximate surface area is 116 Å². The van der Waals surface area contributed by atoms with E-state index in [2.05, 4.69) is 31.1 Å². The molecule has 1 aromatic rings. The van der Waals surface area contributed by atoms with Crippen molar-refractivity contribution >= 4 is 17.4 Å². The van der Waals surface area contributed by atoms with Crippen molar-refractivity contribution in [2.75, 3.05) is 11.9 Å². The standard InChI is InChI=1S/C13H18ClF3N2/c1-8(12(2,3)4)7-18-11-6-9(13(15,16)17)5-10(14)19-11/h5-6,8H,7H2,1-4H3,(H,18,19). The fraction of sp³-hybridized carbons (Fsp3) is 0.615. The highest BCUT2D eigenvalue weighted by Gasteiger charge is 2.31. The van der Waals surface area contributed by atoms with Gasteiger partial charge in [-0.1, -0.05) is 39.3 Å². The summed E-state index contributed by atoms with van der Waals surface area (Å²) in [5.41, 5.74) is -0.725. The predicted molar refractivity (Wildman–Crippen MR) is 71.4 cm³/mol. The number of rotatable bonds is 3. The Morgan fingerprint density at radius 2 is 1.84 bits per heavy atom. The predicted octanol–water partition coefficient (Wildman–Crippen LogP) is 4.85. The molecule has 1 heterocycles. The molecule has 108 valence electrons. The van der Waals surface area contributed by atoms with Gasteiger partial charge in [0, 0.05) is 6.54 Å². The molecule has 0 bridgehead atoms. The number of anilines is 1. The minimum atomic E-state index is -4.42. The minimum Gasteiger partial charge on any atom is -0.370 e. The summed E-state index contributed by atoms with van der Waals surface area (Å²) < 4.78 is 37.9. The van der Waals surface area contributed by atoms with Crippen LogP contribution in [0.15, 0.2) is 12.1 Å². The van der Waals surface area contributed by atoms with Crippen LogP contribution in [0.5, 0.6) is 0 Å². The normalized spacial score (nSPS) is 14.3. The molecule has 1 atom stereocenters. The smallest absolute Gasteiger partial charge is 0.370 e. The molecule has 2 nitrogen and oxygen atoms in total. The summed E-state index contributed by atoms with van der Waals surface area (Å²) in [6.45, 7) is 8.79. The van der Waals surface area contributed by atoms with E-state index in [1.54, 1.807) is 0 Å². The third-order valence-electron chi connectivity index (χ3n) is 3.19. The molecule has 0 aliphatic heterocycles. The van der Waals surface area contributed by atoms with Crippen molar-refractivity contribution in [1.82, 2.24) is 4.98 Å². The van der Waals surface area contributed by atoms with E-state index in [1.165, 1.54) is 0 Å². The van der Waals surface area contributed by atoms with Gasteiger partial charge in [0.1, 0.15) is 11.0 Å². The lowest BCUT2D eigenvalue weighted by Crippen LogP contribution is -2.25. The van der Waals surface area contributed by atoms with E-state index in [1.807, 2.05) is 6.92 Å². The molecule has 0 fully saturated rings. The lowest BCUT2D eigenvalue weighted by molar-refractivity contribution is -0.137. The van der Waals surface area contributed by atoms with Gasteiger partial charge in [0.25, 0.3) is 0 Å². The molecule has 19 heavy (non-hydrogen) atoms. The van der Waals surface area contributed by atoms with Gasteiger partial charge in [0.05, 0.1) is 5.56 Å². The summed E-state index contributed by atoms with van der Waals surface area (Å²) in [5, 5.41) is 2.74. The summed E-state index contributed by atoms with van der Waals surface area (Å²) in [5.74, 6) is 0.429. The van der Waals surface area contributed by atoms with Gasteiger partial charge in [-0.05, 0) is 23.5 Å². The number of hydrogen-bond acceptors (Lipinski definition) is 2. The second-order valence-electron chi connectivity index (χ2n) is 5.71. The van der Waals surface area contributed by atoms with Crippen LogP contribution in [0.25, 0.3) is 0 Å². The summed E-state index contributed by atoms with van der Waals surface area (Å²) in [6, 6.07) is 1.79. The Bertz CT molecular complexity index is 438. The molecule has 0 saturated carbocycles. The molecule has 1 unspecified atom stereocenters. The van der Waals surface area contributed by atoms with Crippen molar-refractivity contribution in [2.45, 2.75) is 33.9 Å². The van der Waals surface area contributed by atoms with Crippen LogP contribution in [0.4, 0.5) is 19.0 Å². The van der Waals surface area contributed by atoms with Gasteiger partial charge in [-0.25, -0.2) is 4.98 Å². The molecule has 0 aliphatic carbocycles. The largest absolute Gasteiger partial charge is 0.416 e. The lowest BCUT2D eigenvalue weighted by Gasteiger charge is -2.27. The van der Waals surface area contributed by atoms with Crippen LogP contribution in [0.2, 0.25) is 5.15 Å². The van der Waals surface area contributed by atoms with Crippen molar-refractivity contribution in [3.63, 3.8) is 0 Å². The minimum absolute atomic E-state index is 0.0679. The second kappa shape index (κ2) is 5.57. The Morgan fingerprint density at radius 1 is 1.26 bits per heavy atom. The first-order chi connectivity index (χ1) is 8.50. The highest BCUT2D eigenvalue weighted by atomic mass is 35.5. The first-order valence-corrected chi connectivity index (χ1v) is 6.36. The fourth-order valence-electron chi connectivity index (χ4n) is 1.31. The summed E-state index contributed by atoms with van der Waals surface area (Å²) >= 11 is 5.61. The van der Waals surface area contributed by atoms with Crippen LogP contribution in [-0.4, -0.2) is 11.5 Å². The van der Waals surface area contributed by atoms with Gasteiger partial charge < -0.3 is 5.32 Å². The van der Waals surface area contributed by atoms with Crippen LogP contribution in [0, 0.1) is 11.3 Å². The molecule has 0 aromatic carbocycles. The number of hydrogen-bond donors (Lipinski definition) is 1. The monoisotopic (exact) mass is 294 g/mol. The van der Waals surface area contributed by atoms with E-state index in [0.29, 0.717) is 6.54 Å². The van der Waals surface area contributed by atoms with Crippen LogP contribution in [0.3, 0.4) is 0 Å². The third-order valence-corrected chi connectivity index (χ3v) is 3.38. The van der Waals surface area contributed by atoms with E-state index in [-0.39, 0.29) is 22.3 Å². The molecule has 0 aliphatic rings. The highest BCUT2D eigenvalue weighted by molar-refractivity contribution is 6.29. The summed E-state index contributed by atoms with van der Waals surface area (Å²) in [4.78, 5) is 3.86. The number of aromatic nitrogens is 1. The second-order valence-corrected chi connectivity index (χ2v) is 6.10. The number of halogens is 4. The van der Waals surface area contributed by atoms with Crippen LogP contribution in [-0.2, 0) is 6.18 Å². The Hall–Kier alpha value is -0.970. The van der Waals surface area contributed by atoms with E-state index >= 15 is 0 Å². The zero-order valence-corrected chi connectivity index (χ0v) is 12.2. The maximum atomic E-state index is 12.6. The van der Waals surface area contributed by atoms with Gasteiger partial charge in [0.15, 0.2) is 0 Å². The van der Waals surface area contributed by atoms with E-state index in [9.17, 15) is 13.2 Å². The topological polar surface area (TPSA) is 24.9 Å². The maximum absolute atomic E-state index is 12.6. The molecular formula is C13H18ClF3N2. The Balaban J connectivity index is 2.83. The summed E-state index contributed by atoms with van der Waals surface area (Å²) in [6.07, 6.45) is -4.42. The van der Waals surface area contributed by atoms with Crippen LogP contribution >= 0.6 is 11.6 Å². The van der Waals surface area contributed by atoms with Crippen LogP contribution in [0.1, 0.15) is 33.3 Å². The van der Waals surface area contributed by atoms with Gasteiger partial charge in [0.2, 0.25) is 0 Å². The number of nitrogens with zero attached hydrogens (tertiary/aromatic N) is 1.